The fraction of sp³-hybridized carbons (Fsp3) is 0.467. The average Bonchev–Trinajstić information content (AvgIpc) is 2.50. The van der Waals surface area contributed by atoms with Crippen molar-refractivity contribution < 1.29 is 14.0 Å². The number of thiol groups is 1. The molecule has 1 saturated heterocycles. The molecule has 0 saturated carbocycles. The van der Waals surface area contributed by atoms with Crippen LogP contribution in [0.3, 0.4) is 0 Å². The Morgan fingerprint density at radius 1 is 1.29 bits per heavy atom. The maximum Gasteiger partial charge on any atom is 0.251 e. The summed E-state index contributed by atoms with van der Waals surface area (Å²) in [6, 6.07) is 3.33. The number of carbonyl (C=O) groups is 2. The zero-order valence-corrected chi connectivity index (χ0v) is 12.8. The molecule has 1 aliphatic rings. The van der Waals surface area contributed by atoms with Crippen LogP contribution in [-0.4, -0.2) is 35.8 Å². The molecule has 114 valence electrons. The minimum absolute atomic E-state index is 0.0729. The summed E-state index contributed by atoms with van der Waals surface area (Å²) < 4.78 is 13.1. The summed E-state index contributed by atoms with van der Waals surface area (Å²) >= 11 is 3.95. The molecule has 0 bridgehead atoms. The molecule has 1 aromatic rings. The number of hydrogen-bond acceptors (Lipinski definition) is 3. The summed E-state index contributed by atoms with van der Waals surface area (Å²) in [6.45, 7) is 3.16. The van der Waals surface area contributed by atoms with E-state index in [0.717, 1.165) is 32.4 Å². The minimum atomic E-state index is -0.593. The molecule has 0 aromatic heterocycles. The number of carbonyl (C=O) groups excluding carboxylic acids is 2. The van der Waals surface area contributed by atoms with Crippen LogP contribution in [0.2, 0.25) is 0 Å². The van der Waals surface area contributed by atoms with Crippen LogP contribution in [0.25, 0.3) is 0 Å². The van der Waals surface area contributed by atoms with Gasteiger partial charge >= 0.3 is 0 Å². The number of benzene rings is 1. The number of likely N-dealkylation sites (tertiary alicyclic amines) is 1. The van der Waals surface area contributed by atoms with Gasteiger partial charge in [0.15, 0.2) is 0 Å². The van der Waals surface area contributed by atoms with E-state index in [0.29, 0.717) is 5.56 Å². The van der Waals surface area contributed by atoms with Gasteiger partial charge in [-0.25, -0.2) is 4.39 Å². The van der Waals surface area contributed by atoms with Gasteiger partial charge in [0.1, 0.15) is 11.9 Å². The van der Waals surface area contributed by atoms with E-state index in [1.54, 1.807) is 11.8 Å². The standard InChI is InChI=1S/C15H19FN2O2S/c1-10(15(20)18-7-3-2-4-8-18)17-14(19)11-5-6-12(16)13(21)9-11/h5-6,9-10,21H,2-4,7-8H2,1H3,(H,17,19). The lowest BCUT2D eigenvalue weighted by atomic mass is 10.1. The van der Waals surface area contributed by atoms with Gasteiger partial charge in [-0.2, -0.15) is 0 Å². The number of hydrogen-bond donors (Lipinski definition) is 2. The number of rotatable bonds is 3. The molecule has 2 rings (SSSR count). The summed E-state index contributed by atoms with van der Waals surface area (Å²) in [6.07, 6.45) is 3.16. The quantitative estimate of drug-likeness (QED) is 0.841. The SMILES string of the molecule is CC(NC(=O)c1ccc(F)c(S)c1)C(=O)N1CCCCC1. The minimum Gasteiger partial charge on any atom is -0.341 e. The molecule has 21 heavy (non-hydrogen) atoms. The first-order chi connectivity index (χ1) is 9.99. The number of nitrogens with one attached hydrogen (secondary N) is 1. The molecule has 0 radical (unpaired) electrons. The van der Waals surface area contributed by atoms with Crippen molar-refractivity contribution in [2.45, 2.75) is 37.1 Å². The Morgan fingerprint density at radius 3 is 2.57 bits per heavy atom. The summed E-state index contributed by atoms with van der Waals surface area (Å²) in [7, 11) is 0. The Hall–Kier alpha value is -1.56. The van der Waals surface area contributed by atoms with Crippen LogP contribution in [0.1, 0.15) is 36.5 Å². The van der Waals surface area contributed by atoms with Crippen LogP contribution in [0, 0.1) is 5.82 Å². The molecule has 1 N–H and O–H groups in total. The Morgan fingerprint density at radius 2 is 1.95 bits per heavy atom. The first-order valence-electron chi connectivity index (χ1n) is 7.07. The van der Waals surface area contributed by atoms with E-state index >= 15 is 0 Å². The van der Waals surface area contributed by atoms with Crippen LogP contribution in [-0.2, 0) is 4.79 Å². The van der Waals surface area contributed by atoms with Gasteiger partial charge in [-0.3, -0.25) is 9.59 Å². The van der Waals surface area contributed by atoms with Crippen molar-refractivity contribution >= 4 is 24.4 Å². The highest BCUT2D eigenvalue weighted by Gasteiger charge is 2.23. The lowest BCUT2D eigenvalue weighted by molar-refractivity contribution is -0.133. The van der Waals surface area contributed by atoms with Gasteiger partial charge in [-0.05, 0) is 44.4 Å². The largest absolute Gasteiger partial charge is 0.341 e. The van der Waals surface area contributed by atoms with Gasteiger partial charge < -0.3 is 10.2 Å². The van der Waals surface area contributed by atoms with E-state index in [4.69, 9.17) is 0 Å². The second-order valence-corrected chi connectivity index (χ2v) is 5.73. The lowest BCUT2D eigenvalue weighted by Gasteiger charge is -2.29. The van der Waals surface area contributed by atoms with Crippen molar-refractivity contribution in [3.63, 3.8) is 0 Å². The van der Waals surface area contributed by atoms with Crippen molar-refractivity contribution in [3.8, 4) is 0 Å². The molecule has 1 atom stereocenters. The Labute approximate surface area is 129 Å². The van der Waals surface area contributed by atoms with E-state index in [9.17, 15) is 14.0 Å². The van der Waals surface area contributed by atoms with Crippen molar-refractivity contribution in [2.75, 3.05) is 13.1 Å². The van der Waals surface area contributed by atoms with E-state index in [-0.39, 0.29) is 10.8 Å². The van der Waals surface area contributed by atoms with Crippen LogP contribution in [0.4, 0.5) is 4.39 Å². The summed E-state index contributed by atoms with van der Waals surface area (Å²) in [5.41, 5.74) is 0.291. The number of nitrogens with zero attached hydrogens (tertiary/aromatic N) is 1. The van der Waals surface area contributed by atoms with Crippen molar-refractivity contribution in [3.05, 3.63) is 29.6 Å². The molecule has 1 unspecified atom stereocenters. The molecule has 0 spiro atoms. The van der Waals surface area contributed by atoms with Crippen LogP contribution in [0.15, 0.2) is 23.1 Å². The third-order valence-corrected chi connectivity index (χ3v) is 3.94. The molecule has 1 aromatic carbocycles. The zero-order chi connectivity index (χ0) is 15.4. The molecular formula is C15H19FN2O2S. The highest BCUT2D eigenvalue weighted by Crippen LogP contribution is 2.15. The van der Waals surface area contributed by atoms with E-state index in [1.165, 1.54) is 18.2 Å². The van der Waals surface area contributed by atoms with E-state index in [2.05, 4.69) is 17.9 Å². The van der Waals surface area contributed by atoms with E-state index in [1.807, 2.05) is 0 Å². The molecular weight excluding hydrogens is 291 g/mol. The van der Waals surface area contributed by atoms with Gasteiger partial charge in [-0.15, -0.1) is 12.6 Å². The first kappa shape index (κ1) is 15.8. The smallest absolute Gasteiger partial charge is 0.251 e. The molecule has 0 aliphatic carbocycles. The molecule has 6 heteroatoms. The van der Waals surface area contributed by atoms with Gasteiger partial charge in [0, 0.05) is 23.5 Å². The Kier molecular flexibility index (Phi) is 5.22. The summed E-state index contributed by atoms with van der Waals surface area (Å²) in [5, 5.41) is 2.65. The zero-order valence-electron chi connectivity index (χ0n) is 11.9. The third kappa shape index (κ3) is 3.97. The van der Waals surface area contributed by atoms with Crippen molar-refractivity contribution in [1.82, 2.24) is 10.2 Å². The first-order valence-corrected chi connectivity index (χ1v) is 7.52. The maximum absolute atomic E-state index is 13.1. The highest BCUT2D eigenvalue weighted by molar-refractivity contribution is 7.80. The summed E-state index contributed by atoms with van der Waals surface area (Å²) in [4.78, 5) is 26.2. The molecule has 1 fully saturated rings. The van der Waals surface area contributed by atoms with Crippen molar-refractivity contribution in [2.24, 2.45) is 0 Å². The third-order valence-electron chi connectivity index (χ3n) is 3.59. The topological polar surface area (TPSA) is 49.4 Å². The van der Waals surface area contributed by atoms with Crippen LogP contribution >= 0.6 is 12.6 Å². The number of amides is 2. The normalized spacial score (nSPS) is 16.4. The summed E-state index contributed by atoms with van der Waals surface area (Å²) in [5.74, 6) is -0.952. The highest BCUT2D eigenvalue weighted by atomic mass is 32.1. The van der Waals surface area contributed by atoms with Gasteiger partial charge in [0.05, 0.1) is 0 Å². The van der Waals surface area contributed by atoms with Gasteiger partial charge in [-0.1, -0.05) is 0 Å². The van der Waals surface area contributed by atoms with Crippen molar-refractivity contribution in [1.29, 1.82) is 0 Å². The average molecular weight is 310 g/mol. The lowest BCUT2D eigenvalue weighted by Crippen LogP contribution is -2.48. The molecule has 1 heterocycles. The molecule has 4 nitrogen and oxygen atoms in total. The fourth-order valence-corrected chi connectivity index (χ4v) is 2.60. The molecule has 2 amide bonds. The van der Waals surface area contributed by atoms with Gasteiger partial charge in [0.2, 0.25) is 5.91 Å². The maximum atomic E-state index is 13.1. The van der Waals surface area contributed by atoms with Crippen LogP contribution in [0.5, 0.6) is 0 Å². The second-order valence-electron chi connectivity index (χ2n) is 5.25. The van der Waals surface area contributed by atoms with Crippen LogP contribution < -0.4 is 5.32 Å². The Bertz CT molecular complexity index is 544. The number of halogens is 1. The monoisotopic (exact) mass is 310 g/mol. The molecule has 1 aliphatic heterocycles. The predicted molar refractivity (Wildman–Crippen MR) is 81.0 cm³/mol. The van der Waals surface area contributed by atoms with E-state index < -0.39 is 17.8 Å². The fourth-order valence-electron chi connectivity index (χ4n) is 2.38. The predicted octanol–water partition coefficient (Wildman–Crippen LogP) is 2.25. The second kappa shape index (κ2) is 6.93. The van der Waals surface area contributed by atoms with Gasteiger partial charge in [0.25, 0.3) is 5.91 Å². The number of piperidine rings is 1. The Balaban J connectivity index is 1.97.